The molecule has 0 amide bonds. The van der Waals surface area contributed by atoms with Crippen LogP contribution in [0.1, 0.15) is 32.1 Å². The molecule has 0 radical (unpaired) electrons. The van der Waals surface area contributed by atoms with Gasteiger partial charge in [0.2, 0.25) is 5.78 Å². The first-order valence-electron chi connectivity index (χ1n) is 4.98. The maximum absolute atomic E-state index is 12.0. The van der Waals surface area contributed by atoms with E-state index in [9.17, 15) is 9.59 Å². The standard InChI is InChI=1S/C12H10N2O3/c1-7-3-2-4-8(5-7)11(15)9-6-10(12(16)17)14-13-9/h2-6H,1H3,(H,13,14)(H,16,17). The molecule has 5 heteroatoms. The second-order valence-electron chi connectivity index (χ2n) is 3.67. The van der Waals surface area contributed by atoms with E-state index in [-0.39, 0.29) is 17.2 Å². The van der Waals surface area contributed by atoms with Crippen LogP contribution < -0.4 is 0 Å². The predicted molar refractivity (Wildman–Crippen MR) is 60.2 cm³/mol. The number of benzene rings is 1. The second kappa shape index (κ2) is 4.21. The molecular formula is C12H10N2O3. The van der Waals surface area contributed by atoms with Crippen LogP contribution in [0.5, 0.6) is 0 Å². The highest BCUT2D eigenvalue weighted by molar-refractivity contribution is 6.08. The van der Waals surface area contributed by atoms with Gasteiger partial charge in [0.1, 0.15) is 11.4 Å². The van der Waals surface area contributed by atoms with E-state index in [0.29, 0.717) is 5.56 Å². The van der Waals surface area contributed by atoms with E-state index in [2.05, 4.69) is 10.2 Å². The smallest absolute Gasteiger partial charge is 0.353 e. The molecule has 0 saturated heterocycles. The number of aromatic carboxylic acids is 1. The Morgan fingerprint density at radius 2 is 2.06 bits per heavy atom. The van der Waals surface area contributed by atoms with Gasteiger partial charge in [-0.3, -0.25) is 9.89 Å². The summed E-state index contributed by atoms with van der Waals surface area (Å²) < 4.78 is 0. The number of carboxylic acids is 1. The zero-order chi connectivity index (χ0) is 12.4. The Morgan fingerprint density at radius 3 is 2.65 bits per heavy atom. The number of carbonyl (C=O) groups excluding carboxylic acids is 1. The third kappa shape index (κ3) is 2.23. The van der Waals surface area contributed by atoms with Gasteiger partial charge in [-0.2, -0.15) is 5.10 Å². The number of nitrogens with one attached hydrogen (secondary N) is 1. The normalized spacial score (nSPS) is 10.2. The molecule has 0 saturated carbocycles. The highest BCUT2D eigenvalue weighted by Gasteiger charge is 2.15. The molecule has 0 fully saturated rings. The summed E-state index contributed by atoms with van der Waals surface area (Å²) in [4.78, 5) is 22.6. The molecule has 2 rings (SSSR count). The van der Waals surface area contributed by atoms with E-state index in [1.54, 1.807) is 18.2 Å². The minimum atomic E-state index is -1.14. The molecule has 0 unspecified atom stereocenters. The van der Waals surface area contributed by atoms with Gasteiger partial charge in [-0.15, -0.1) is 0 Å². The molecule has 1 aromatic carbocycles. The van der Waals surface area contributed by atoms with E-state index >= 15 is 0 Å². The molecule has 2 N–H and O–H groups in total. The van der Waals surface area contributed by atoms with Crippen molar-refractivity contribution in [1.29, 1.82) is 0 Å². The predicted octanol–water partition coefficient (Wildman–Crippen LogP) is 1.65. The Bertz CT molecular complexity index is 587. The van der Waals surface area contributed by atoms with Crippen LogP contribution in [0.15, 0.2) is 30.3 Å². The lowest BCUT2D eigenvalue weighted by atomic mass is 10.1. The summed E-state index contributed by atoms with van der Waals surface area (Å²) in [6, 6.07) is 8.28. The number of H-pyrrole nitrogens is 1. The van der Waals surface area contributed by atoms with E-state index in [1.165, 1.54) is 6.07 Å². The van der Waals surface area contributed by atoms with Crippen molar-refractivity contribution in [2.24, 2.45) is 0 Å². The fourth-order valence-corrected chi connectivity index (χ4v) is 1.48. The number of hydrogen-bond donors (Lipinski definition) is 2. The third-order valence-corrected chi connectivity index (χ3v) is 2.32. The first kappa shape index (κ1) is 11.1. The lowest BCUT2D eigenvalue weighted by Gasteiger charge is -1.98. The summed E-state index contributed by atoms with van der Waals surface area (Å²) in [5.74, 6) is -1.43. The molecule has 5 nitrogen and oxygen atoms in total. The molecule has 1 heterocycles. The molecule has 2 aromatic rings. The van der Waals surface area contributed by atoms with E-state index in [1.807, 2.05) is 13.0 Å². The fraction of sp³-hybridized carbons (Fsp3) is 0.0833. The molecule has 0 bridgehead atoms. The van der Waals surface area contributed by atoms with Gasteiger partial charge in [-0.1, -0.05) is 23.8 Å². The first-order valence-corrected chi connectivity index (χ1v) is 4.98. The number of rotatable bonds is 3. The van der Waals surface area contributed by atoms with Crippen molar-refractivity contribution < 1.29 is 14.7 Å². The van der Waals surface area contributed by atoms with E-state index < -0.39 is 5.97 Å². The Kier molecular flexibility index (Phi) is 2.74. The van der Waals surface area contributed by atoms with Crippen LogP contribution in [0.3, 0.4) is 0 Å². The summed E-state index contributed by atoms with van der Waals surface area (Å²) in [6.45, 7) is 1.88. The van der Waals surface area contributed by atoms with Crippen molar-refractivity contribution >= 4 is 11.8 Å². The molecule has 0 aliphatic carbocycles. The van der Waals surface area contributed by atoms with Gasteiger partial charge in [0.05, 0.1) is 0 Å². The van der Waals surface area contributed by atoms with Gasteiger partial charge in [0.25, 0.3) is 0 Å². The summed E-state index contributed by atoms with van der Waals surface area (Å²) >= 11 is 0. The molecule has 0 aliphatic heterocycles. The minimum Gasteiger partial charge on any atom is -0.477 e. The van der Waals surface area contributed by atoms with Crippen molar-refractivity contribution in [3.05, 3.63) is 52.8 Å². The SMILES string of the molecule is Cc1cccc(C(=O)c2cc(C(=O)O)[nH]n2)c1. The quantitative estimate of drug-likeness (QED) is 0.785. The lowest BCUT2D eigenvalue weighted by molar-refractivity contribution is 0.0690. The van der Waals surface area contributed by atoms with Crippen molar-refractivity contribution in [2.45, 2.75) is 6.92 Å². The summed E-state index contributed by atoms with van der Waals surface area (Å²) in [5, 5.41) is 14.7. The van der Waals surface area contributed by atoms with Crippen molar-refractivity contribution in [3.63, 3.8) is 0 Å². The van der Waals surface area contributed by atoms with Crippen molar-refractivity contribution in [1.82, 2.24) is 10.2 Å². The molecule has 0 atom stereocenters. The van der Waals surface area contributed by atoms with Gasteiger partial charge < -0.3 is 5.11 Å². The number of carbonyl (C=O) groups is 2. The zero-order valence-electron chi connectivity index (χ0n) is 9.10. The van der Waals surface area contributed by atoms with Crippen LogP contribution in [0, 0.1) is 6.92 Å². The number of nitrogens with zero attached hydrogens (tertiary/aromatic N) is 1. The van der Waals surface area contributed by atoms with Crippen molar-refractivity contribution in [2.75, 3.05) is 0 Å². The van der Waals surface area contributed by atoms with Crippen LogP contribution in [0.25, 0.3) is 0 Å². The number of aryl methyl sites for hydroxylation is 1. The molecular weight excluding hydrogens is 220 g/mol. The van der Waals surface area contributed by atoms with E-state index in [4.69, 9.17) is 5.11 Å². The summed E-state index contributed by atoms with van der Waals surface area (Å²) in [5.41, 5.74) is 1.47. The number of aromatic amines is 1. The largest absolute Gasteiger partial charge is 0.477 e. The molecule has 86 valence electrons. The van der Waals surface area contributed by atoms with E-state index in [0.717, 1.165) is 5.56 Å². The second-order valence-corrected chi connectivity index (χ2v) is 3.67. The topological polar surface area (TPSA) is 83.0 Å². The number of ketones is 1. The number of aromatic nitrogens is 2. The monoisotopic (exact) mass is 230 g/mol. The molecule has 0 spiro atoms. The van der Waals surface area contributed by atoms with Crippen LogP contribution in [0.4, 0.5) is 0 Å². The number of hydrogen-bond acceptors (Lipinski definition) is 3. The minimum absolute atomic E-state index is 0.0963. The number of carboxylic acid groups (broad SMARTS) is 1. The molecule has 1 aromatic heterocycles. The maximum atomic E-state index is 12.0. The van der Waals surface area contributed by atoms with Gasteiger partial charge in [-0.05, 0) is 13.0 Å². The summed E-state index contributed by atoms with van der Waals surface area (Å²) in [6.07, 6.45) is 0. The van der Waals surface area contributed by atoms with Crippen LogP contribution in [0.2, 0.25) is 0 Å². The maximum Gasteiger partial charge on any atom is 0.353 e. The Balaban J connectivity index is 2.34. The fourth-order valence-electron chi connectivity index (χ4n) is 1.48. The Hall–Kier alpha value is -2.43. The average Bonchev–Trinajstić information content (AvgIpc) is 2.77. The highest BCUT2D eigenvalue weighted by Crippen LogP contribution is 2.10. The van der Waals surface area contributed by atoms with Crippen LogP contribution >= 0.6 is 0 Å². The molecule has 0 aliphatic rings. The Labute approximate surface area is 97.1 Å². The molecule has 17 heavy (non-hydrogen) atoms. The van der Waals surface area contributed by atoms with Crippen LogP contribution in [-0.4, -0.2) is 27.1 Å². The van der Waals surface area contributed by atoms with Crippen LogP contribution in [-0.2, 0) is 0 Å². The average molecular weight is 230 g/mol. The highest BCUT2D eigenvalue weighted by atomic mass is 16.4. The first-order chi connectivity index (χ1) is 8.08. The zero-order valence-corrected chi connectivity index (χ0v) is 9.10. The third-order valence-electron chi connectivity index (χ3n) is 2.32. The van der Waals surface area contributed by atoms with Gasteiger partial charge in [-0.25, -0.2) is 4.79 Å². The van der Waals surface area contributed by atoms with Gasteiger partial charge in [0, 0.05) is 11.6 Å². The van der Waals surface area contributed by atoms with Crippen molar-refractivity contribution in [3.8, 4) is 0 Å². The Morgan fingerprint density at radius 1 is 1.29 bits per heavy atom. The van der Waals surface area contributed by atoms with Gasteiger partial charge >= 0.3 is 5.97 Å². The lowest BCUT2D eigenvalue weighted by Crippen LogP contribution is -2.01. The summed E-state index contributed by atoms with van der Waals surface area (Å²) in [7, 11) is 0. The van der Waals surface area contributed by atoms with Gasteiger partial charge in [0.15, 0.2) is 0 Å².